The third-order valence-electron chi connectivity index (χ3n) is 4.92. The van der Waals surface area contributed by atoms with E-state index in [9.17, 15) is 0 Å². The van der Waals surface area contributed by atoms with Gasteiger partial charge in [-0.1, -0.05) is 62.4 Å². The van der Waals surface area contributed by atoms with Crippen molar-refractivity contribution in [3.63, 3.8) is 0 Å². The van der Waals surface area contributed by atoms with Gasteiger partial charge in [0.15, 0.2) is 5.82 Å². The van der Waals surface area contributed by atoms with Crippen LogP contribution in [0, 0.1) is 6.92 Å². The van der Waals surface area contributed by atoms with Gasteiger partial charge in [-0.3, -0.25) is 0 Å². The Balaban J connectivity index is 1.53. The molecule has 146 valence electrons. The molecule has 2 aromatic heterocycles. The Morgan fingerprint density at radius 2 is 1.79 bits per heavy atom. The van der Waals surface area contributed by atoms with Crippen molar-refractivity contribution in [2.75, 3.05) is 5.32 Å². The van der Waals surface area contributed by atoms with Crippen molar-refractivity contribution in [2.24, 2.45) is 0 Å². The van der Waals surface area contributed by atoms with Crippen molar-refractivity contribution >= 4 is 5.82 Å². The van der Waals surface area contributed by atoms with Gasteiger partial charge >= 0.3 is 0 Å². The van der Waals surface area contributed by atoms with Crippen LogP contribution < -0.4 is 5.32 Å². The Bertz CT molecular complexity index is 1080. The smallest absolute Gasteiger partial charge is 0.161 e. The van der Waals surface area contributed by atoms with Crippen LogP contribution in [-0.2, 0) is 6.54 Å². The summed E-state index contributed by atoms with van der Waals surface area (Å²) in [7, 11) is 0. The molecule has 2 heterocycles. The van der Waals surface area contributed by atoms with E-state index in [1.807, 2.05) is 31.3 Å². The summed E-state index contributed by atoms with van der Waals surface area (Å²) in [4.78, 5) is 9.39. The second kappa shape index (κ2) is 8.22. The summed E-state index contributed by atoms with van der Waals surface area (Å²) in [5.41, 5.74) is 6.40. The van der Waals surface area contributed by atoms with E-state index >= 15 is 0 Å². The summed E-state index contributed by atoms with van der Waals surface area (Å²) in [6.45, 7) is 7.08. The average Bonchev–Trinajstić information content (AvgIpc) is 3.28. The number of rotatable bonds is 6. The van der Waals surface area contributed by atoms with Gasteiger partial charge in [0.1, 0.15) is 11.5 Å². The van der Waals surface area contributed by atoms with Crippen LogP contribution in [0.15, 0.2) is 60.9 Å². The molecule has 0 atom stereocenters. The van der Waals surface area contributed by atoms with E-state index in [2.05, 4.69) is 69.9 Å². The molecule has 6 heteroatoms. The van der Waals surface area contributed by atoms with Crippen LogP contribution in [0.5, 0.6) is 0 Å². The maximum atomic E-state index is 4.81. The number of hydrogen-bond donors (Lipinski definition) is 2. The van der Waals surface area contributed by atoms with Crippen LogP contribution in [-0.4, -0.2) is 25.4 Å². The van der Waals surface area contributed by atoms with Gasteiger partial charge < -0.3 is 5.32 Å². The van der Waals surface area contributed by atoms with Crippen molar-refractivity contribution in [3.05, 3.63) is 77.6 Å². The van der Waals surface area contributed by atoms with E-state index in [4.69, 9.17) is 4.98 Å². The van der Waals surface area contributed by atoms with Crippen molar-refractivity contribution in [1.29, 1.82) is 0 Å². The summed E-state index contributed by atoms with van der Waals surface area (Å²) >= 11 is 0. The number of nitrogens with zero attached hydrogens (tertiary/aromatic N) is 4. The molecular formula is C23H24N6. The molecule has 0 fully saturated rings. The third-order valence-corrected chi connectivity index (χ3v) is 4.92. The monoisotopic (exact) mass is 384 g/mol. The first-order valence-corrected chi connectivity index (χ1v) is 9.73. The van der Waals surface area contributed by atoms with Crippen molar-refractivity contribution in [2.45, 2.75) is 33.2 Å². The van der Waals surface area contributed by atoms with Gasteiger partial charge in [0, 0.05) is 29.4 Å². The average molecular weight is 384 g/mol. The lowest BCUT2D eigenvalue weighted by atomic mass is 9.97. The van der Waals surface area contributed by atoms with Gasteiger partial charge in [0.05, 0.1) is 6.20 Å². The fourth-order valence-electron chi connectivity index (χ4n) is 3.27. The molecule has 2 aromatic carbocycles. The largest absolute Gasteiger partial charge is 0.366 e. The maximum Gasteiger partial charge on any atom is 0.161 e. The predicted molar refractivity (Wildman–Crippen MR) is 115 cm³/mol. The highest BCUT2D eigenvalue weighted by Gasteiger charge is 2.12. The lowest BCUT2D eigenvalue weighted by Crippen LogP contribution is -2.06. The summed E-state index contributed by atoms with van der Waals surface area (Å²) in [5.74, 6) is 2.02. The standard InChI is InChI=1S/C23H24N6/c1-15(2)19-6-4-5-7-20(19)23-24-12-16(3)22(27-23)25-13-17-8-10-18(11-9-17)21-14-26-29-28-21/h4-12,14-15H,13H2,1-3H3,(H,24,25,27)(H,26,28,29). The number of anilines is 1. The Kier molecular flexibility index (Phi) is 5.33. The Hall–Kier alpha value is -3.54. The number of hydrogen-bond acceptors (Lipinski definition) is 5. The summed E-state index contributed by atoms with van der Waals surface area (Å²) < 4.78 is 0. The van der Waals surface area contributed by atoms with Crippen molar-refractivity contribution in [1.82, 2.24) is 25.4 Å². The molecule has 4 rings (SSSR count). The van der Waals surface area contributed by atoms with Crippen LogP contribution in [0.4, 0.5) is 5.82 Å². The number of aromatic amines is 1. The minimum atomic E-state index is 0.413. The summed E-state index contributed by atoms with van der Waals surface area (Å²) in [6.07, 6.45) is 3.60. The van der Waals surface area contributed by atoms with Crippen molar-refractivity contribution in [3.8, 4) is 22.6 Å². The topological polar surface area (TPSA) is 79.4 Å². The molecular weight excluding hydrogens is 360 g/mol. The molecule has 4 aromatic rings. The number of benzene rings is 2. The normalized spacial score (nSPS) is 11.0. The lowest BCUT2D eigenvalue weighted by Gasteiger charge is -2.14. The summed E-state index contributed by atoms with van der Waals surface area (Å²) in [6, 6.07) is 16.6. The molecule has 0 aliphatic carbocycles. The molecule has 0 aliphatic rings. The van der Waals surface area contributed by atoms with Gasteiger partial charge in [-0.15, -0.1) is 0 Å². The molecule has 0 bridgehead atoms. The van der Waals surface area contributed by atoms with E-state index < -0.39 is 0 Å². The number of aromatic nitrogens is 5. The van der Waals surface area contributed by atoms with Gasteiger partial charge in [0.2, 0.25) is 0 Å². The maximum absolute atomic E-state index is 4.81. The molecule has 29 heavy (non-hydrogen) atoms. The highest BCUT2D eigenvalue weighted by molar-refractivity contribution is 5.63. The predicted octanol–water partition coefficient (Wildman–Crippen LogP) is 4.97. The molecule has 0 unspecified atom stereocenters. The second-order valence-corrected chi connectivity index (χ2v) is 7.37. The van der Waals surface area contributed by atoms with E-state index in [0.717, 1.165) is 34.0 Å². The molecule has 6 nitrogen and oxygen atoms in total. The summed E-state index contributed by atoms with van der Waals surface area (Å²) in [5, 5.41) is 14.1. The quantitative estimate of drug-likeness (QED) is 0.490. The fourth-order valence-corrected chi connectivity index (χ4v) is 3.27. The minimum absolute atomic E-state index is 0.413. The molecule has 0 saturated carbocycles. The van der Waals surface area contributed by atoms with E-state index in [0.29, 0.717) is 12.5 Å². The molecule has 0 saturated heterocycles. The van der Waals surface area contributed by atoms with Crippen LogP contribution >= 0.6 is 0 Å². The zero-order valence-electron chi connectivity index (χ0n) is 16.8. The van der Waals surface area contributed by atoms with E-state index in [-0.39, 0.29) is 0 Å². The van der Waals surface area contributed by atoms with Crippen LogP contribution in [0.1, 0.15) is 36.5 Å². The first kappa shape index (κ1) is 18.8. The molecule has 0 spiro atoms. The zero-order chi connectivity index (χ0) is 20.2. The van der Waals surface area contributed by atoms with E-state index in [1.165, 1.54) is 11.1 Å². The van der Waals surface area contributed by atoms with E-state index in [1.54, 1.807) is 6.20 Å². The SMILES string of the molecule is Cc1cnc(-c2ccccc2C(C)C)nc1NCc1ccc(-c2cn[nH]n2)cc1. The Labute approximate surface area is 170 Å². The van der Waals surface area contributed by atoms with Crippen molar-refractivity contribution < 1.29 is 0 Å². The molecule has 0 aliphatic heterocycles. The van der Waals surface area contributed by atoms with Gasteiger partial charge in [-0.2, -0.15) is 15.4 Å². The van der Waals surface area contributed by atoms with Crippen LogP contribution in [0.2, 0.25) is 0 Å². The lowest BCUT2D eigenvalue weighted by molar-refractivity contribution is 0.866. The number of H-pyrrole nitrogens is 1. The van der Waals surface area contributed by atoms with Gasteiger partial charge in [0.25, 0.3) is 0 Å². The van der Waals surface area contributed by atoms with Crippen LogP contribution in [0.3, 0.4) is 0 Å². The first-order chi connectivity index (χ1) is 14.1. The fraction of sp³-hybridized carbons (Fsp3) is 0.217. The highest BCUT2D eigenvalue weighted by Crippen LogP contribution is 2.28. The molecule has 2 N–H and O–H groups in total. The Morgan fingerprint density at radius 3 is 2.52 bits per heavy atom. The first-order valence-electron chi connectivity index (χ1n) is 9.73. The zero-order valence-corrected chi connectivity index (χ0v) is 16.8. The number of aryl methyl sites for hydroxylation is 1. The highest BCUT2D eigenvalue weighted by atomic mass is 15.3. The third kappa shape index (κ3) is 4.16. The Morgan fingerprint density at radius 1 is 1.00 bits per heavy atom. The molecule has 0 amide bonds. The second-order valence-electron chi connectivity index (χ2n) is 7.37. The van der Waals surface area contributed by atoms with Gasteiger partial charge in [-0.05, 0) is 24.0 Å². The molecule has 0 radical (unpaired) electrons. The minimum Gasteiger partial charge on any atom is -0.366 e. The van der Waals surface area contributed by atoms with Crippen LogP contribution in [0.25, 0.3) is 22.6 Å². The van der Waals surface area contributed by atoms with Gasteiger partial charge in [-0.25, -0.2) is 9.97 Å². The number of nitrogens with one attached hydrogen (secondary N) is 2.